The number of aliphatic hydroxyl groups is 1. The van der Waals surface area contributed by atoms with Crippen molar-refractivity contribution < 1.29 is 5.11 Å². The Bertz CT molecular complexity index is 1170. The van der Waals surface area contributed by atoms with Gasteiger partial charge in [0.1, 0.15) is 5.54 Å². The summed E-state index contributed by atoms with van der Waals surface area (Å²) in [5, 5.41) is 16.0. The number of aliphatic hydroxyl groups excluding tert-OH is 1. The van der Waals surface area contributed by atoms with Crippen LogP contribution in [-0.2, 0) is 12.1 Å². The van der Waals surface area contributed by atoms with Crippen molar-refractivity contribution in [1.29, 1.82) is 0 Å². The maximum atomic E-state index is 10.1. The molecule has 146 valence electrons. The van der Waals surface area contributed by atoms with Gasteiger partial charge in [-0.3, -0.25) is 0 Å². The second-order valence-corrected chi connectivity index (χ2v) is 7.34. The van der Waals surface area contributed by atoms with Crippen molar-refractivity contribution in [2.75, 3.05) is 0 Å². The highest BCUT2D eigenvalue weighted by Gasteiger charge is 2.40. The molecule has 1 heterocycles. The predicted molar refractivity (Wildman–Crippen MR) is 120 cm³/mol. The van der Waals surface area contributed by atoms with Gasteiger partial charge < -0.3 is 5.11 Å². The van der Waals surface area contributed by atoms with E-state index in [2.05, 4.69) is 83.5 Å². The first-order valence-corrected chi connectivity index (χ1v) is 10.1. The average Bonchev–Trinajstić information content (AvgIpc) is 3.21. The van der Waals surface area contributed by atoms with E-state index in [-0.39, 0.29) is 6.61 Å². The van der Waals surface area contributed by atoms with Crippen LogP contribution < -0.4 is 0 Å². The van der Waals surface area contributed by atoms with Crippen LogP contribution in [-0.4, -0.2) is 14.9 Å². The Morgan fingerprint density at radius 1 is 0.600 bits per heavy atom. The minimum absolute atomic E-state index is 0.109. The fourth-order valence-corrected chi connectivity index (χ4v) is 4.41. The minimum atomic E-state index is -0.684. The Morgan fingerprint density at radius 2 is 1.03 bits per heavy atom. The molecule has 0 fully saturated rings. The van der Waals surface area contributed by atoms with Crippen LogP contribution in [0, 0.1) is 0 Å². The highest BCUT2D eigenvalue weighted by molar-refractivity contribution is 5.83. The van der Waals surface area contributed by atoms with E-state index in [9.17, 15) is 5.11 Å². The molecule has 0 spiro atoms. The van der Waals surface area contributed by atoms with Gasteiger partial charge in [0, 0.05) is 5.39 Å². The molecule has 0 aliphatic heterocycles. The third kappa shape index (κ3) is 2.75. The quantitative estimate of drug-likeness (QED) is 0.410. The van der Waals surface area contributed by atoms with E-state index >= 15 is 0 Å². The zero-order chi connectivity index (χ0) is 20.4. The van der Waals surface area contributed by atoms with Crippen molar-refractivity contribution in [3.63, 3.8) is 0 Å². The molecule has 0 saturated carbocycles. The normalized spacial score (nSPS) is 11.6. The first-order valence-electron chi connectivity index (χ1n) is 10.1. The molecular weight excluding hydrogens is 368 g/mol. The molecule has 1 N–H and O–H groups in total. The van der Waals surface area contributed by atoms with Crippen LogP contribution in [0.2, 0.25) is 0 Å². The maximum absolute atomic E-state index is 10.1. The van der Waals surface area contributed by atoms with Crippen molar-refractivity contribution in [2.24, 2.45) is 0 Å². The zero-order valence-corrected chi connectivity index (χ0v) is 16.5. The second-order valence-electron chi connectivity index (χ2n) is 7.34. The van der Waals surface area contributed by atoms with Crippen LogP contribution in [0.3, 0.4) is 0 Å². The third-order valence-electron chi connectivity index (χ3n) is 5.71. The topological polar surface area (TPSA) is 38.1 Å². The van der Waals surface area contributed by atoms with Crippen LogP contribution in [0.15, 0.2) is 115 Å². The van der Waals surface area contributed by atoms with Crippen molar-refractivity contribution in [1.82, 2.24) is 9.78 Å². The van der Waals surface area contributed by atoms with Gasteiger partial charge in [-0.2, -0.15) is 5.10 Å². The van der Waals surface area contributed by atoms with Gasteiger partial charge >= 0.3 is 0 Å². The van der Waals surface area contributed by atoms with Gasteiger partial charge in [-0.15, -0.1) is 0 Å². The molecule has 0 aliphatic rings. The molecule has 3 heteroatoms. The van der Waals surface area contributed by atoms with Gasteiger partial charge in [-0.25, -0.2) is 4.68 Å². The van der Waals surface area contributed by atoms with Gasteiger partial charge in [0.25, 0.3) is 0 Å². The molecule has 5 rings (SSSR count). The first kappa shape index (κ1) is 18.3. The van der Waals surface area contributed by atoms with Gasteiger partial charge in [0.2, 0.25) is 0 Å². The summed E-state index contributed by atoms with van der Waals surface area (Å²) in [4.78, 5) is 0. The second kappa shape index (κ2) is 7.62. The first-order chi connectivity index (χ1) is 14.9. The highest BCUT2D eigenvalue weighted by atomic mass is 16.3. The molecule has 0 radical (unpaired) electrons. The summed E-state index contributed by atoms with van der Waals surface area (Å²) in [7, 11) is 0. The van der Waals surface area contributed by atoms with Crippen LogP contribution in [0.1, 0.15) is 22.4 Å². The molecule has 1 aromatic heterocycles. The van der Waals surface area contributed by atoms with E-state index < -0.39 is 5.54 Å². The van der Waals surface area contributed by atoms with E-state index in [0.717, 1.165) is 27.6 Å². The number of hydrogen-bond acceptors (Lipinski definition) is 2. The standard InChI is InChI=1S/C27H22N2O/c30-20-25-24-18-10-11-19-26(24)29(28-25)27(21-12-4-1-5-13-21,22-14-6-2-7-15-22)23-16-8-3-9-17-23/h1-19,30H,20H2. The van der Waals surface area contributed by atoms with E-state index in [4.69, 9.17) is 5.10 Å². The SMILES string of the molecule is OCc1nn(C(c2ccccc2)(c2ccccc2)c2ccccc2)c2ccccc12. The lowest BCUT2D eigenvalue weighted by molar-refractivity contribution is 0.275. The molecule has 0 aliphatic carbocycles. The zero-order valence-electron chi connectivity index (χ0n) is 16.5. The van der Waals surface area contributed by atoms with Crippen LogP contribution in [0.4, 0.5) is 0 Å². The van der Waals surface area contributed by atoms with Gasteiger partial charge in [-0.05, 0) is 22.8 Å². The Kier molecular flexibility index (Phi) is 4.66. The van der Waals surface area contributed by atoms with Gasteiger partial charge in [0.15, 0.2) is 0 Å². The van der Waals surface area contributed by atoms with E-state index in [1.165, 1.54) is 0 Å². The Balaban J connectivity index is 1.98. The summed E-state index contributed by atoms with van der Waals surface area (Å²) in [6.07, 6.45) is 0. The lowest BCUT2D eigenvalue weighted by Crippen LogP contribution is -2.38. The number of fused-ring (bicyclic) bond motifs is 1. The monoisotopic (exact) mass is 390 g/mol. The number of hydrogen-bond donors (Lipinski definition) is 1. The summed E-state index contributed by atoms with van der Waals surface area (Å²) in [6.45, 7) is -0.109. The van der Waals surface area contributed by atoms with Crippen LogP contribution >= 0.6 is 0 Å². The van der Waals surface area contributed by atoms with E-state index in [1.54, 1.807) is 0 Å². The smallest absolute Gasteiger partial charge is 0.138 e. The molecule has 0 saturated heterocycles. The van der Waals surface area contributed by atoms with Crippen molar-refractivity contribution >= 4 is 10.9 Å². The molecule has 5 aromatic rings. The summed E-state index contributed by atoms with van der Waals surface area (Å²) < 4.78 is 2.08. The van der Waals surface area contributed by atoms with Crippen molar-refractivity contribution in [3.8, 4) is 0 Å². The number of para-hydroxylation sites is 1. The molecule has 0 unspecified atom stereocenters. The predicted octanol–water partition coefficient (Wildman–Crippen LogP) is 5.37. The Morgan fingerprint density at radius 3 is 1.50 bits per heavy atom. The highest BCUT2D eigenvalue weighted by Crippen LogP contribution is 2.42. The molecule has 30 heavy (non-hydrogen) atoms. The number of aromatic nitrogens is 2. The minimum Gasteiger partial charge on any atom is -0.390 e. The summed E-state index contributed by atoms with van der Waals surface area (Å²) >= 11 is 0. The molecule has 0 bridgehead atoms. The lowest BCUT2D eigenvalue weighted by Gasteiger charge is -2.37. The van der Waals surface area contributed by atoms with E-state index in [0.29, 0.717) is 5.69 Å². The van der Waals surface area contributed by atoms with Gasteiger partial charge in [-0.1, -0.05) is 109 Å². The maximum Gasteiger partial charge on any atom is 0.138 e. The fourth-order valence-electron chi connectivity index (χ4n) is 4.41. The molecule has 0 atom stereocenters. The lowest BCUT2D eigenvalue weighted by atomic mass is 9.77. The number of nitrogens with zero attached hydrogens (tertiary/aromatic N) is 2. The molecule has 3 nitrogen and oxygen atoms in total. The number of benzene rings is 4. The Labute approximate surface area is 175 Å². The van der Waals surface area contributed by atoms with Gasteiger partial charge in [0.05, 0.1) is 17.8 Å². The van der Waals surface area contributed by atoms with Crippen molar-refractivity contribution in [2.45, 2.75) is 12.1 Å². The summed E-state index contributed by atoms with van der Waals surface area (Å²) in [6, 6.07) is 39.5. The van der Waals surface area contributed by atoms with Crippen molar-refractivity contribution in [3.05, 3.63) is 138 Å². The fraction of sp³-hybridized carbons (Fsp3) is 0.0741. The summed E-state index contributed by atoms with van der Waals surface area (Å²) in [5.74, 6) is 0. The van der Waals surface area contributed by atoms with Crippen LogP contribution in [0.25, 0.3) is 10.9 Å². The van der Waals surface area contributed by atoms with Crippen LogP contribution in [0.5, 0.6) is 0 Å². The van der Waals surface area contributed by atoms with E-state index in [1.807, 2.05) is 36.4 Å². The molecule has 4 aromatic carbocycles. The third-order valence-corrected chi connectivity index (χ3v) is 5.71. The molecule has 0 amide bonds. The number of rotatable bonds is 5. The summed E-state index contributed by atoms with van der Waals surface area (Å²) in [5.41, 5.74) is 4.31. The largest absolute Gasteiger partial charge is 0.390 e. The average molecular weight is 390 g/mol. The Hall–Kier alpha value is -3.69. The molecular formula is C27H22N2O.